The van der Waals surface area contributed by atoms with Crippen LogP contribution in [0, 0.1) is 0 Å². The molecule has 0 aliphatic carbocycles. The van der Waals surface area contributed by atoms with Gasteiger partial charge in [-0.05, 0) is 26.3 Å². The second kappa shape index (κ2) is 4.42. The fraction of sp³-hybridized carbons (Fsp3) is 0.875. The van der Waals surface area contributed by atoms with Crippen LogP contribution >= 0.6 is 0 Å². The summed E-state index contributed by atoms with van der Waals surface area (Å²) in [4.78, 5) is 11.3. The van der Waals surface area contributed by atoms with E-state index in [9.17, 15) is 4.79 Å². The summed E-state index contributed by atoms with van der Waals surface area (Å²) in [6.07, 6.45) is 1.51. The van der Waals surface area contributed by atoms with Crippen molar-refractivity contribution in [1.82, 2.24) is 10.6 Å². The van der Waals surface area contributed by atoms with Crippen LogP contribution in [0.3, 0.4) is 0 Å². The Kier molecular flexibility index (Phi) is 3.49. The van der Waals surface area contributed by atoms with E-state index >= 15 is 0 Å². The largest absolute Gasteiger partial charge is 0.392 e. The van der Waals surface area contributed by atoms with Crippen LogP contribution in [0.15, 0.2) is 0 Å². The van der Waals surface area contributed by atoms with Crippen molar-refractivity contribution in [2.24, 2.45) is 0 Å². The number of amides is 1. The molecule has 0 bridgehead atoms. The van der Waals surface area contributed by atoms with E-state index in [4.69, 9.17) is 5.11 Å². The van der Waals surface area contributed by atoms with Crippen molar-refractivity contribution in [2.45, 2.75) is 31.9 Å². The van der Waals surface area contributed by atoms with Crippen molar-refractivity contribution in [3.63, 3.8) is 0 Å². The molecule has 0 unspecified atom stereocenters. The molecule has 0 aromatic carbocycles. The molecule has 1 aliphatic heterocycles. The van der Waals surface area contributed by atoms with Crippen LogP contribution in [0.25, 0.3) is 0 Å². The van der Waals surface area contributed by atoms with Crippen LogP contribution in [-0.2, 0) is 4.79 Å². The number of carbonyl (C=O) groups is 1. The normalized spacial score (nSPS) is 25.3. The van der Waals surface area contributed by atoms with E-state index in [0.717, 1.165) is 19.4 Å². The predicted molar refractivity (Wildman–Crippen MR) is 45.7 cm³/mol. The molecule has 0 saturated carbocycles. The average Bonchev–Trinajstić information content (AvgIpc) is 2.51. The zero-order chi connectivity index (χ0) is 8.97. The van der Waals surface area contributed by atoms with Crippen LogP contribution in [0.2, 0.25) is 0 Å². The van der Waals surface area contributed by atoms with Gasteiger partial charge in [-0.1, -0.05) is 0 Å². The second-order valence-corrected chi connectivity index (χ2v) is 3.24. The minimum absolute atomic E-state index is 0.00778. The van der Waals surface area contributed by atoms with Crippen molar-refractivity contribution >= 4 is 5.91 Å². The molecule has 1 amide bonds. The number of carbonyl (C=O) groups excluding carboxylic acids is 1. The Balaban J connectivity index is 2.18. The highest BCUT2D eigenvalue weighted by atomic mass is 16.3. The number of aliphatic hydroxyl groups is 1. The number of aliphatic hydroxyl groups excluding tert-OH is 1. The highest BCUT2D eigenvalue weighted by molar-refractivity contribution is 5.81. The molecule has 0 spiro atoms. The summed E-state index contributed by atoms with van der Waals surface area (Å²) < 4.78 is 0. The van der Waals surface area contributed by atoms with E-state index in [1.807, 2.05) is 0 Å². The first-order chi connectivity index (χ1) is 5.70. The Morgan fingerprint density at radius 1 is 1.83 bits per heavy atom. The number of nitrogens with one attached hydrogen (secondary N) is 2. The van der Waals surface area contributed by atoms with Crippen LogP contribution in [0.4, 0.5) is 0 Å². The zero-order valence-corrected chi connectivity index (χ0v) is 7.34. The summed E-state index contributed by atoms with van der Waals surface area (Å²) in [7, 11) is 0. The molecule has 0 radical (unpaired) electrons. The summed E-state index contributed by atoms with van der Waals surface area (Å²) in [6, 6.07) is -0.0382. The average molecular weight is 172 g/mol. The number of hydrogen-bond acceptors (Lipinski definition) is 3. The van der Waals surface area contributed by atoms with Crippen LogP contribution in [0.5, 0.6) is 0 Å². The molecule has 4 nitrogen and oxygen atoms in total. The quantitative estimate of drug-likeness (QED) is 0.524. The van der Waals surface area contributed by atoms with Crippen molar-refractivity contribution < 1.29 is 9.90 Å². The topological polar surface area (TPSA) is 61.4 Å². The standard InChI is InChI=1S/C8H16N2O2/c1-6(11)5-10-8(12)7-3-2-4-9-7/h6-7,9,11H,2-5H2,1H3,(H,10,12)/t6-,7+/m0/s1. The van der Waals surface area contributed by atoms with E-state index in [0.29, 0.717) is 6.54 Å². The van der Waals surface area contributed by atoms with Crippen molar-refractivity contribution in [3.8, 4) is 0 Å². The molecule has 12 heavy (non-hydrogen) atoms. The van der Waals surface area contributed by atoms with Gasteiger partial charge in [-0.3, -0.25) is 4.79 Å². The molecule has 4 heteroatoms. The van der Waals surface area contributed by atoms with Crippen molar-refractivity contribution in [2.75, 3.05) is 13.1 Å². The summed E-state index contributed by atoms with van der Waals surface area (Å²) in [6.45, 7) is 2.92. The molecule has 1 fully saturated rings. The SMILES string of the molecule is C[C@H](O)CNC(=O)[C@H]1CCCN1. The maximum Gasteiger partial charge on any atom is 0.237 e. The molecule has 3 N–H and O–H groups in total. The molecule has 0 aromatic heterocycles. The highest BCUT2D eigenvalue weighted by Crippen LogP contribution is 2.04. The Morgan fingerprint density at radius 2 is 2.58 bits per heavy atom. The van der Waals surface area contributed by atoms with E-state index in [2.05, 4.69) is 10.6 Å². The first kappa shape index (κ1) is 9.48. The van der Waals surface area contributed by atoms with Crippen molar-refractivity contribution in [3.05, 3.63) is 0 Å². The second-order valence-electron chi connectivity index (χ2n) is 3.24. The molecule has 1 saturated heterocycles. The Labute approximate surface area is 72.3 Å². The van der Waals surface area contributed by atoms with Gasteiger partial charge in [-0.25, -0.2) is 0 Å². The van der Waals surface area contributed by atoms with E-state index in [1.54, 1.807) is 6.92 Å². The maximum absolute atomic E-state index is 11.3. The zero-order valence-electron chi connectivity index (χ0n) is 7.34. The molecule has 1 aliphatic rings. The lowest BCUT2D eigenvalue weighted by atomic mass is 10.2. The highest BCUT2D eigenvalue weighted by Gasteiger charge is 2.21. The number of hydrogen-bond donors (Lipinski definition) is 3. The van der Waals surface area contributed by atoms with Gasteiger partial charge >= 0.3 is 0 Å². The van der Waals surface area contributed by atoms with Gasteiger partial charge in [0.05, 0.1) is 12.1 Å². The van der Waals surface area contributed by atoms with Gasteiger partial charge in [0.25, 0.3) is 0 Å². The monoisotopic (exact) mass is 172 g/mol. The van der Waals surface area contributed by atoms with Crippen molar-refractivity contribution in [1.29, 1.82) is 0 Å². The van der Waals surface area contributed by atoms with Gasteiger partial charge in [0.15, 0.2) is 0 Å². The van der Waals surface area contributed by atoms with Crippen LogP contribution in [0.1, 0.15) is 19.8 Å². The predicted octanol–water partition coefficient (Wildman–Crippen LogP) is -0.765. The minimum Gasteiger partial charge on any atom is -0.392 e. The summed E-state index contributed by atoms with van der Waals surface area (Å²) in [5.41, 5.74) is 0. The lowest BCUT2D eigenvalue weighted by Crippen LogP contribution is -2.42. The third kappa shape index (κ3) is 2.79. The summed E-state index contributed by atoms with van der Waals surface area (Å²) in [5.74, 6) is 0.00778. The Morgan fingerprint density at radius 3 is 3.08 bits per heavy atom. The van der Waals surface area contributed by atoms with E-state index in [-0.39, 0.29) is 11.9 Å². The molecule has 0 aromatic rings. The summed E-state index contributed by atoms with van der Waals surface area (Å²) >= 11 is 0. The molecular weight excluding hydrogens is 156 g/mol. The third-order valence-electron chi connectivity index (χ3n) is 1.95. The van der Waals surface area contributed by atoms with Crippen LogP contribution < -0.4 is 10.6 Å². The molecule has 70 valence electrons. The van der Waals surface area contributed by atoms with Gasteiger partial charge in [0.1, 0.15) is 0 Å². The first-order valence-corrected chi connectivity index (χ1v) is 4.39. The lowest BCUT2D eigenvalue weighted by molar-refractivity contribution is -0.123. The maximum atomic E-state index is 11.3. The first-order valence-electron chi connectivity index (χ1n) is 4.39. The molecule has 1 rings (SSSR count). The smallest absolute Gasteiger partial charge is 0.237 e. The van der Waals surface area contributed by atoms with Gasteiger partial charge in [0.2, 0.25) is 5.91 Å². The van der Waals surface area contributed by atoms with E-state index < -0.39 is 6.10 Å². The fourth-order valence-electron chi connectivity index (χ4n) is 1.28. The third-order valence-corrected chi connectivity index (χ3v) is 1.95. The summed E-state index contributed by atoms with van der Waals surface area (Å²) in [5, 5.41) is 14.7. The molecule has 1 heterocycles. The van der Waals surface area contributed by atoms with Gasteiger partial charge in [-0.2, -0.15) is 0 Å². The number of rotatable bonds is 3. The molecule has 2 atom stereocenters. The minimum atomic E-state index is -0.463. The van der Waals surface area contributed by atoms with Crippen LogP contribution in [-0.4, -0.2) is 36.2 Å². The fourth-order valence-corrected chi connectivity index (χ4v) is 1.28. The molecular formula is C8H16N2O2. The van der Waals surface area contributed by atoms with Gasteiger partial charge in [0, 0.05) is 6.54 Å². The Bertz CT molecular complexity index is 153. The lowest BCUT2D eigenvalue weighted by Gasteiger charge is -2.11. The Hall–Kier alpha value is -0.610. The van der Waals surface area contributed by atoms with Gasteiger partial charge in [-0.15, -0.1) is 0 Å². The van der Waals surface area contributed by atoms with E-state index in [1.165, 1.54) is 0 Å². The van der Waals surface area contributed by atoms with Gasteiger partial charge < -0.3 is 15.7 Å².